The lowest BCUT2D eigenvalue weighted by Crippen LogP contribution is -2.50. The highest BCUT2D eigenvalue weighted by Crippen LogP contribution is 2.34. The van der Waals surface area contributed by atoms with E-state index in [9.17, 15) is 9.59 Å². The van der Waals surface area contributed by atoms with Gasteiger partial charge in [0, 0.05) is 38.6 Å². The van der Waals surface area contributed by atoms with Gasteiger partial charge in [0.05, 0.1) is 29.8 Å². The number of rotatable bonds is 8. The van der Waals surface area contributed by atoms with Crippen LogP contribution in [0, 0.1) is 6.92 Å². The molecule has 1 saturated heterocycles. The minimum Gasteiger partial charge on any atom is -0.379 e. The highest BCUT2D eigenvalue weighted by Gasteiger charge is 2.34. The minimum absolute atomic E-state index is 0.0148. The Kier molecular flexibility index (Phi) is 8.54. The molecule has 0 saturated carbocycles. The van der Waals surface area contributed by atoms with Crippen LogP contribution in [0.1, 0.15) is 42.3 Å². The smallest absolute Gasteiger partial charge is 0.318 e. The van der Waals surface area contributed by atoms with E-state index in [1.165, 1.54) is 5.56 Å². The molecule has 0 aliphatic carbocycles. The molecule has 35 heavy (non-hydrogen) atoms. The van der Waals surface area contributed by atoms with E-state index in [4.69, 9.17) is 9.84 Å². The van der Waals surface area contributed by atoms with Gasteiger partial charge in [0.2, 0.25) is 0 Å². The molecule has 1 atom stereocenters. The summed E-state index contributed by atoms with van der Waals surface area (Å²) in [6, 6.07) is 11.9. The number of nitrogens with zero attached hydrogens (tertiary/aromatic N) is 4. The van der Waals surface area contributed by atoms with E-state index in [-0.39, 0.29) is 30.6 Å². The lowest BCUT2D eigenvalue weighted by Gasteiger charge is -2.31. The maximum Gasteiger partial charge on any atom is 0.318 e. The first kappa shape index (κ1) is 25.3. The number of benzene rings is 1. The van der Waals surface area contributed by atoms with Gasteiger partial charge in [-0.1, -0.05) is 35.9 Å². The van der Waals surface area contributed by atoms with Crippen LogP contribution in [0.25, 0.3) is 0 Å². The molecule has 2 aliphatic rings. The molecule has 4 rings (SSSR count). The Labute approximate surface area is 211 Å². The highest BCUT2D eigenvalue weighted by atomic mass is 32.1. The average molecular weight is 498 g/mol. The van der Waals surface area contributed by atoms with Crippen molar-refractivity contribution in [3.63, 3.8) is 0 Å². The first-order chi connectivity index (χ1) is 16.9. The lowest BCUT2D eigenvalue weighted by atomic mass is 10.00. The molecule has 1 fully saturated rings. The standard InChI is InChI=1S/C26H35N5O3S/c1-19(2)27-26(33)30(11-10-29-12-14-34-15-13-29)18-25(32)31-23(21-8-6-20(3)7-9-21)17-22(28-31)24-5-4-16-35-24/h4-9,16,19,23H,10-15,17-18H2,1-3H3,(H,27,33). The topological polar surface area (TPSA) is 77.5 Å². The normalized spacial score (nSPS) is 18.6. The van der Waals surface area contributed by atoms with Crippen molar-refractivity contribution in [1.29, 1.82) is 0 Å². The van der Waals surface area contributed by atoms with Crippen molar-refractivity contribution in [2.24, 2.45) is 5.10 Å². The Morgan fingerprint density at radius 3 is 2.60 bits per heavy atom. The molecule has 1 N–H and O–H groups in total. The van der Waals surface area contributed by atoms with E-state index in [2.05, 4.69) is 41.4 Å². The van der Waals surface area contributed by atoms with Crippen LogP contribution < -0.4 is 5.32 Å². The summed E-state index contributed by atoms with van der Waals surface area (Å²) < 4.78 is 5.43. The molecule has 9 heteroatoms. The number of amides is 3. The Morgan fingerprint density at radius 1 is 1.20 bits per heavy atom. The van der Waals surface area contributed by atoms with E-state index in [0.717, 1.165) is 29.2 Å². The number of carbonyl (C=O) groups is 2. The summed E-state index contributed by atoms with van der Waals surface area (Å²) in [5.74, 6) is -0.178. The summed E-state index contributed by atoms with van der Waals surface area (Å²) >= 11 is 1.62. The van der Waals surface area contributed by atoms with Crippen LogP contribution in [0.5, 0.6) is 0 Å². The molecule has 0 radical (unpaired) electrons. The van der Waals surface area contributed by atoms with Gasteiger partial charge in [0.1, 0.15) is 6.54 Å². The molecule has 1 unspecified atom stereocenters. The maximum absolute atomic E-state index is 13.6. The number of aryl methyl sites for hydroxylation is 1. The fourth-order valence-electron chi connectivity index (χ4n) is 4.29. The first-order valence-electron chi connectivity index (χ1n) is 12.3. The largest absolute Gasteiger partial charge is 0.379 e. The molecule has 0 spiro atoms. The van der Waals surface area contributed by atoms with Crippen molar-refractivity contribution < 1.29 is 14.3 Å². The highest BCUT2D eigenvalue weighted by molar-refractivity contribution is 7.12. The number of carbonyl (C=O) groups excluding carboxylic acids is 2. The van der Waals surface area contributed by atoms with Crippen molar-refractivity contribution >= 4 is 29.0 Å². The molecule has 188 valence electrons. The molecular weight excluding hydrogens is 462 g/mol. The second-order valence-electron chi connectivity index (χ2n) is 9.37. The number of thiophene rings is 1. The molecule has 3 heterocycles. The third-order valence-corrected chi connectivity index (χ3v) is 7.17. The Bertz CT molecular complexity index is 1020. The predicted molar refractivity (Wildman–Crippen MR) is 139 cm³/mol. The number of hydrazone groups is 1. The van der Waals surface area contributed by atoms with E-state index >= 15 is 0 Å². The monoisotopic (exact) mass is 497 g/mol. The lowest BCUT2D eigenvalue weighted by molar-refractivity contribution is -0.133. The van der Waals surface area contributed by atoms with Crippen LogP contribution in [-0.4, -0.2) is 84.4 Å². The number of nitrogens with one attached hydrogen (secondary N) is 1. The van der Waals surface area contributed by atoms with Crippen LogP contribution in [-0.2, 0) is 9.53 Å². The van der Waals surface area contributed by atoms with Gasteiger partial charge < -0.3 is 15.0 Å². The van der Waals surface area contributed by atoms with Crippen LogP contribution >= 0.6 is 11.3 Å². The van der Waals surface area contributed by atoms with E-state index in [1.54, 1.807) is 21.2 Å². The third-order valence-electron chi connectivity index (χ3n) is 6.25. The van der Waals surface area contributed by atoms with Crippen LogP contribution in [0.4, 0.5) is 4.79 Å². The molecule has 2 aliphatic heterocycles. The summed E-state index contributed by atoms with van der Waals surface area (Å²) in [6.07, 6.45) is 0.654. The van der Waals surface area contributed by atoms with Crippen LogP contribution in [0.15, 0.2) is 46.9 Å². The van der Waals surface area contributed by atoms with Crippen LogP contribution in [0.2, 0.25) is 0 Å². The van der Waals surface area contributed by atoms with Gasteiger partial charge in [0.25, 0.3) is 5.91 Å². The van der Waals surface area contributed by atoms with Gasteiger partial charge in [-0.2, -0.15) is 5.10 Å². The minimum atomic E-state index is -0.227. The summed E-state index contributed by atoms with van der Waals surface area (Å²) in [4.78, 5) is 31.6. The Hall–Kier alpha value is -2.75. The van der Waals surface area contributed by atoms with E-state index < -0.39 is 0 Å². The van der Waals surface area contributed by atoms with E-state index in [0.29, 0.717) is 32.7 Å². The van der Waals surface area contributed by atoms with Gasteiger partial charge in [-0.3, -0.25) is 9.69 Å². The third kappa shape index (κ3) is 6.68. The van der Waals surface area contributed by atoms with Gasteiger partial charge in [-0.25, -0.2) is 9.80 Å². The average Bonchev–Trinajstić information content (AvgIpc) is 3.52. The molecule has 2 aromatic rings. The maximum atomic E-state index is 13.6. The molecule has 1 aromatic heterocycles. The summed E-state index contributed by atoms with van der Waals surface area (Å²) in [7, 11) is 0. The van der Waals surface area contributed by atoms with Crippen molar-refractivity contribution in [3.8, 4) is 0 Å². The number of hydrogen-bond acceptors (Lipinski definition) is 6. The van der Waals surface area contributed by atoms with Crippen molar-refractivity contribution in [3.05, 3.63) is 57.8 Å². The zero-order valence-electron chi connectivity index (χ0n) is 20.8. The van der Waals surface area contributed by atoms with E-state index in [1.807, 2.05) is 31.4 Å². The van der Waals surface area contributed by atoms with Crippen molar-refractivity contribution in [2.45, 2.75) is 39.3 Å². The number of hydrogen-bond donors (Lipinski definition) is 1. The summed E-state index contributed by atoms with van der Waals surface area (Å²) in [6.45, 7) is 10.1. The molecule has 3 amide bonds. The summed E-state index contributed by atoms with van der Waals surface area (Å²) in [5, 5.41) is 11.3. The Morgan fingerprint density at radius 2 is 1.94 bits per heavy atom. The fraction of sp³-hybridized carbons (Fsp3) is 0.500. The second kappa shape index (κ2) is 11.8. The molecule has 8 nitrogen and oxygen atoms in total. The van der Waals surface area contributed by atoms with Gasteiger partial charge in [-0.15, -0.1) is 11.3 Å². The number of morpholine rings is 1. The van der Waals surface area contributed by atoms with Gasteiger partial charge in [0.15, 0.2) is 0 Å². The molecule has 1 aromatic carbocycles. The Balaban J connectivity index is 1.52. The second-order valence-corrected chi connectivity index (χ2v) is 10.3. The zero-order valence-corrected chi connectivity index (χ0v) is 21.6. The van der Waals surface area contributed by atoms with Crippen molar-refractivity contribution in [1.82, 2.24) is 20.1 Å². The fourth-order valence-corrected chi connectivity index (χ4v) is 5.01. The zero-order chi connectivity index (χ0) is 24.8. The first-order valence-corrected chi connectivity index (χ1v) is 13.1. The SMILES string of the molecule is Cc1ccc(C2CC(c3cccs3)=NN2C(=O)CN(CCN2CCOCC2)C(=O)NC(C)C)cc1. The number of ether oxygens (including phenoxy) is 1. The van der Waals surface area contributed by atoms with Gasteiger partial charge >= 0.3 is 6.03 Å². The van der Waals surface area contributed by atoms with Gasteiger partial charge in [-0.05, 0) is 37.8 Å². The molecule has 0 bridgehead atoms. The van der Waals surface area contributed by atoms with Crippen molar-refractivity contribution in [2.75, 3.05) is 45.9 Å². The predicted octanol–water partition coefficient (Wildman–Crippen LogP) is 3.49. The summed E-state index contributed by atoms with van der Waals surface area (Å²) in [5.41, 5.74) is 3.12. The van der Waals surface area contributed by atoms with Crippen LogP contribution in [0.3, 0.4) is 0 Å². The number of urea groups is 1. The molecular formula is C26H35N5O3S. The quantitative estimate of drug-likeness (QED) is 0.606.